The first-order valence-electron chi connectivity index (χ1n) is 24.4. The molecule has 1 N–H and O–H groups in total. The molecule has 15 heteroatoms. The summed E-state index contributed by atoms with van der Waals surface area (Å²) in [5, 5.41) is 11.6. The number of fused-ring (bicyclic) bond motifs is 2. The Morgan fingerprint density at radius 3 is 2.01 bits per heavy atom. The molecule has 0 spiro atoms. The van der Waals surface area contributed by atoms with Crippen molar-refractivity contribution in [1.82, 2.24) is 4.90 Å². The number of ketones is 1. The summed E-state index contributed by atoms with van der Waals surface area (Å²) in [5.41, 5.74) is 1.41. The molecular formula is C54H87NO14. The van der Waals surface area contributed by atoms with E-state index >= 15 is 0 Å². The van der Waals surface area contributed by atoms with Crippen molar-refractivity contribution in [3.8, 4) is 0 Å². The summed E-state index contributed by atoms with van der Waals surface area (Å²) in [6.07, 6.45) is 16.4. The number of amides is 1. The van der Waals surface area contributed by atoms with Crippen molar-refractivity contribution in [2.75, 3.05) is 56.8 Å². The quantitative estimate of drug-likeness (QED) is 0.0763. The number of rotatable bonds is 19. The molecular weight excluding hydrogens is 887 g/mol. The minimum atomic E-state index is -1.08. The monoisotopic (exact) mass is 974 g/mol. The summed E-state index contributed by atoms with van der Waals surface area (Å²) < 4.78 is 53.5. The van der Waals surface area contributed by atoms with Crippen molar-refractivity contribution >= 4 is 24.1 Å². The van der Waals surface area contributed by atoms with Crippen LogP contribution in [0.15, 0.2) is 72.0 Å². The highest BCUT2D eigenvalue weighted by Crippen LogP contribution is 2.33. The summed E-state index contributed by atoms with van der Waals surface area (Å²) in [6, 6.07) is 0. The number of allylic oxidation sites excluding steroid dienone is 2. The first-order chi connectivity index (χ1) is 32.8. The zero-order valence-electron chi connectivity index (χ0n) is 44.2. The number of esters is 2. The molecule has 0 saturated heterocycles. The van der Waals surface area contributed by atoms with Crippen LogP contribution < -0.4 is 0 Å². The average molecular weight is 974 g/mol. The van der Waals surface area contributed by atoms with E-state index in [4.69, 9.17) is 42.6 Å². The topological polar surface area (TPSA) is 175 Å². The summed E-state index contributed by atoms with van der Waals surface area (Å²) in [4.78, 5) is 52.5. The van der Waals surface area contributed by atoms with E-state index in [0.717, 1.165) is 5.57 Å². The molecule has 16 atom stereocenters. The van der Waals surface area contributed by atoms with E-state index in [-0.39, 0.29) is 84.3 Å². The van der Waals surface area contributed by atoms with Gasteiger partial charge >= 0.3 is 11.9 Å². The molecule has 392 valence electrons. The van der Waals surface area contributed by atoms with Crippen LogP contribution in [-0.2, 0) is 61.8 Å². The fourth-order valence-electron chi connectivity index (χ4n) is 9.42. The van der Waals surface area contributed by atoms with Crippen LogP contribution in [0.4, 0.5) is 0 Å². The molecule has 0 aromatic rings. The molecule has 2 aliphatic heterocycles. The van der Waals surface area contributed by atoms with E-state index in [0.29, 0.717) is 50.5 Å². The predicted molar refractivity (Wildman–Crippen MR) is 266 cm³/mol. The van der Waals surface area contributed by atoms with Gasteiger partial charge in [-0.3, -0.25) is 9.59 Å². The molecule has 2 heterocycles. The minimum absolute atomic E-state index is 0.0553. The fourth-order valence-corrected chi connectivity index (χ4v) is 9.42. The molecule has 0 unspecified atom stereocenters. The van der Waals surface area contributed by atoms with Gasteiger partial charge in [0.25, 0.3) is 0 Å². The van der Waals surface area contributed by atoms with Gasteiger partial charge in [0.2, 0.25) is 6.41 Å². The van der Waals surface area contributed by atoms with Crippen LogP contribution in [0.1, 0.15) is 93.4 Å². The molecule has 69 heavy (non-hydrogen) atoms. The second-order valence-electron chi connectivity index (χ2n) is 19.0. The number of cyclic esters (lactones) is 1. The van der Waals surface area contributed by atoms with Crippen LogP contribution in [0.5, 0.6) is 0 Å². The highest BCUT2D eigenvalue weighted by molar-refractivity contribution is 5.84. The number of Topliss-reactive ketones (excluding diaryl/α,β-unsaturated/α-hetero) is 1. The summed E-state index contributed by atoms with van der Waals surface area (Å²) in [5.74, 6) is -2.51. The van der Waals surface area contributed by atoms with Crippen LogP contribution >= 0.6 is 0 Å². The maximum Gasteiger partial charge on any atom is 0.331 e. The fraction of sp³-hybridized carbons (Fsp3) is 0.704. The molecule has 0 saturated carbocycles. The zero-order valence-corrected chi connectivity index (χ0v) is 44.2. The molecule has 2 aliphatic rings. The van der Waals surface area contributed by atoms with Crippen molar-refractivity contribution in [1.29, 1.82) is 0 Å². The number of methoxy groups -OCH3 is 7. The third-order valence-electron chi connectivity index (χ3n) is 14.0. The second kappa shape index (κ2) is 32.2. The normalized spacial score (nSPS) is 32.7. The molecule has 2 rings (SSSR count). The third kappa shape index (κ3) is 20.1. The van der Waals surface area contributed by atoms with E-state index in [2.05, 4.69) is 13.0 Å². The first-order valence-corrected chi connectivity index (χ1v) is 24.4. The zero-order chi connectivity index (χ0) is 51.8. The van der Waals surface area contributed by atoms with Gasteiger partial charge in [0, 0.05) is 124 Å². The number of nitrogens with zero attached hydrogens (tertiary/aromatic N) is 1. The van der Waals surface area contributed by atoms with E-state index in [9.17, 15) is 24.3 Å². The summed E-state index contributed by atoms with van der Waals surface area (Å²) in [6.45, 7) is 13.8. The maximum atomic E-state index is 13.7. The average Bonchev–Trinajstić information content (AvgIpc) is 3.33. The number of aliphatic hydroxyl groups excluding tert-OH is 1. The van der Waals surface area contributed by atoms with Gasteiger partial charge in [-0.25, -0.2) is 9.59 Å². The van der Waals surface area contributed by atoms with Gasteiger partial charge in [-0.15, -0.1) is 0 Å². The van der Waals surface area contributed by atoms with E-state index in [1.165, 1.54) is 17.1 Å². The number of ether oxygens (including phenoxy) is 9. The lowest BCUT2D eigenvalue weighted by atomic mass is 9.81. The third-order valence-corrected chi connectivity index (χ3v) is 14.0. The lowest BCUT2D eigenvalue weighted by molar-refractivity contribution is -0.160. The van der Waals surface area contributed by atoms with Crippen molar-refractivity contribution in [2.45, 2.75) is 154 Å². The first kappa shape index (κ1) is 61.3. The van der Waals surface area contributed by atoms with Crippen molar-refractivity contribution < 1.29 is 66.9 Å². The molecule has 0 aliphatic carbocycles. The van der Waals surface area contributed by atoms with E-state index in [1.807, 2.05) is 71.9 Å². The van der Waals surface area contributed by atoms with Crippen LogP contribution in [0.25, 0.3) is 0 Å². The minimum Gasteiger partial charge on any atom is -0.458 e. The van der Waals surface area contributed by atoms with Crippen LogP contribution in [0, 0.1) is 35.5 Å². The number of carbonyl (C=O) groups excluding carboxylic acids is 4. The van der Waals surface area contributed by atoms with Gasteiger partial charge in [0.05, 0.1) is 42.7 Å². The second-order valence-corrected chi connectivity index (χ2v) is 19.0. The molecule has 0 aromatic heterocycles. The van der Waals surface area contributed by atoms with Crippen molar-refractivity contribution in [2.24, 2.45) is 35.5 Å². The number of aliphatic hydroxyl groups is 1. The van der Waals surface area contributed by atoms with Crippen molar-refractivity contribution in [3.05, 3.63) is 72.0 Å². The van der Waals surface area contributed by atoms with Gasteiger partial charge in [0.15, 0.2) is 0 Å². The molecule has 1 amide bonds. The Morgan fingerprint density at radius 2 is 1.45 bits per heavy atom. The van der Waals surface area contributed by atoms with Crippen LogP contribution in [-0.4, -0.2) is 152 Å². The lowest BCUT2D eigenvalue weighted by Crippen LogP contribution is -2.46. The number of carbonyl (C=O) groups is 4. The van der Waals surface area contributed by atoms with Gasteiger partial charge in [-0.05, 0) is 44.1 Å². The van der Waals surface area contributed by atoms with Gasteiger partial charge in [0.1, 0.15) is 24.1 Å². The Bertz CT molecular complexity index is 1740. The highest BCUT2D eigenvalue weighted by atomic mass is 16.6. The predicted octanol–water partition coefficient (Wildman–Crippen LogP) is 7.56. The SMILES string of the molecule is CO[C@H]1CC2=CC(=O)O[C@@H]([C@H](C)[C@@H](OC)C[C@@H](OC)/C=C/[C@H](C)[C@@H](OC)C[C@@H](OC)/C=C/[C@H](C)[C@H]([C@H](C)[C@H](OC)[C@H](C)CCC(=O)[C@H](C)[C@H](C/C=C/N(C)C=O)OC)OC(=O)/C=C/C=C(\C)C1)[C@H]2O. The molecule has 0 fully saturated rings. The standard InChI is InChI=1S/C54H87NO14/c1-34-18-16-20-49(58)68-53(40(7)52(67-15)36(3)23-26-45(57)38(5)46(64-12)19-17-27-55(8)33-56)37(4)22-25-42(61-9)31-47(65-13)35(2)21-24-43(62-10)32-48(66-14)39(6)54-51(60)41(30-50(59)69-54)29-44(28-34)63-11/h16-18,20-22,24-25,27,30,33,35-40,42-44,46-48,51-54,60H,19,23,26,28-29,31-32H2,1-15H3/b20-16+,24-21+,25-22+,27-17+,34-18+/t35-,36+,37-,38-,39+,40+,42-,43-,44+,46-,47-,48-,51-,52+,53+,54-/m0/s1. The summed E-state index contributed by atoms with van der Waals surface area (Å²) >= 11 is 0. The lowest BCUT2D eigenvalue weighted by Gasteiger charge is -2.37. The van der Waals surface area contributed by atoms with Gasteiger partial charge in [-0.2, -0.15) is 0 Å². The smallest absolute Gasteiger partial charge is 0.331 e. The molecule has 2 bridgehead atoms. The van der Waals surface area contributed by atoms with Gasteiger partial charge in [-0.1, -0.05) is 89.6 Å². The number of hydrogen-bond acceptors (Lipinski definition) is 14. The van der Waals surface area contributed by atoms with E-state index in [1.54, 1.807) is 69.1 Å². The Balaban J connectivity index is 2.52. The van der Waals surface area contributed by atoms with E-state index < -0.39 is 36.4 Å². The largest absolute Gasteiger partial charge is 0.458 e. The maximum absolute atomic E-state index is 13.7. The Morgan fingerprint density at radius 1 is 0.826 bits per heavy atom. The van der Waals surface area contributed by atoms with Crippen LogP contribution in [0.3, 0.4) is 0 Å². The molecule has 0 aromatic carbocycles. The van der Waals surface area contributed by atoms with Gasteiger partial charge < -0.3 is 52.6 Å². The molecule has 0 radical (unpaired) electrons. The Hall–Kier alpha value is -3.80. The highest BCUT2D eigenvalue weighted by Gasteiger charge is 2.40. The molecule has 15 nitrogen and oxygen atoms in total. The Kier molecular flexibility index (Phi) is 28.6. The van der Waals surface area contributed by atoms with Crippen molar-refractivity contribution in [3.63, 3.8) is 0 Å². The summed E-state index contributed by atoms with van der Waals surface area (Å²) in [7, 11) is 13.0. The Labute approximate surface area is 413 Å². The van der Waals surface area contributed by atoms with Crippen LogP contribution in [0.2, 0.25) is 0 Å². The number of hydrogen-bond donors (Lipinski definition) is 1.